The Morgan fingerprint density at radius 3 is 2.32 bits per heavy atom. The number of furan rings is 1. The first kappa shape index (κ1) is 22.6. The second kappa shape index (κ2) is 8.47. The Hall–Kier alpha value is -3.60. The van der Waals surface area contributed by atoms with Crippen molar-refractivity contribution >= 4 is 23.1 Å². The fourth-order valence-corrected chi connectivity index (χ4v) is 8.05. The number of aromatic nitrogens is 1. The highest BCUT2D eigenvalue weighted by Gasteiger charge is 2.51. The van der Waals surface area contributed by atoms with E-state index >= 15 is 0 Å². The number of nitrogens with zero attached hydrogens (tertiary/aromatic N) is 2. The van der Waals surface area contributed by atoms with E-state index in [9.17, 15) is 4.79 Å². The Balaban J connectivity index is 1.09. The molecule has 4 saturated carbocycles. The quantitative estimate of drug-likeness (QED) is 0.240. The van der Waals surface area contributed by atoms with E-state index in [0.717, 1.165) is 40.1 Å². The maximum absolute atomic E-state index is 12.5. The third-order valence-electron chi connectivity index (χ3n) is 9.27. The second-order valence-corrected chi connectivity index (χ2v) is 11.8. The molecule has 8 rings (SSSR count). The highest BCUT2D eigenvalue weighted by molar-refractivity contribution is 5.96. The Morgan fingerprint density at radius 2 is 1.65 bits per heavy atom. The van der Waals surface area contributed by atoms with Crippen LogP contribution in [0.1, 0.15) is 71.6 Å². The lowest BCUT2D eigenvalue weighted by Gasteiger charge is -2.57. The summed E-state index contributed by atoms with van der Waals surface area (Å²) in [5, 5.41) is 5.12. The predicted molar refractivity (Wildman–Crippen MR) is 146 cm³/mol. The zero-order chi connectivity index (χ0) is 25.1. The number of benzene rings is 2. The molecule has 0 aliphatic heterocycles. The first-order valence-electron chi connectivity index (χ1n) is 13.6. The molecule has 4 bridgehead atoms. The van der Waals surface area contributed by atoms with Gasteiger partial charge in [0, 0.05) is 28.0 Å². The van der Waals surface area contributed by atoms with Gasteiger partial charge in [0.15, 0.2) is 5.76 Å². The molecular weight excluding hydrogens is 458 g/mol. The van der Waals surface area contributed by atoms with Gasteiger partial charge in [0.1, 0.15) is 5.58 Å². The lowest BCUT2D eigenvalue weighted by Crippen LogP contribution is -2.48. The summed E-state index contributed by atoms with van der Waals surface area (Å²) in [5.74, 6) is 2.75. The number of nitrogens with one attached hydrogen (secondary N) is 1. The first-order chi connectivity index (χ1) is 18.0. The van der Waals surface area contributed by atoms with Gasteiger partial charge in [-0.2, -0.15) is 5.10 Å². The molecule has 4 aromatic rings. The number of carbonyl (C=O) groups excluding carboxylic acids is 1. The van der Waals surface area contributed by atoms with E-state index in [2.05, 4.69) is 59.3 Å². The molecule has 0 unspecified atom stereocenters. The number of amides is 1. The van der Waals surface area contributed by atoms with E-state index in [1.807, 2.05) is 24.3 Å². The highest BCUT2D eigenvalue weighted by atomic mass is 16.3. The monoisotopic (exact) mass is 491 g/mol. The van der Waals surface area contributed by atoms with Gasteiger partial charge >= 0.3 is 5.91 Å². The van der Waals surface area contributed by atoms with Crippen LogP contribution < -0.4 is 5.43 Å². The standard InChI is InChI=1S/C32H33N3O2/c1-20-11-26(19-33-34-31(36)30-15-25-5-3-4-6-29(25)37-30)21(2)35(20)28-9-7-27(8-10-28)32-16-22-12-23(17-32)14-24(13-22)18-32/h3-11,15,19,22-24H,12-14,16-18H2,1-2H3,(H,34,36). The Kier molecular flexibility index (Phi) is 5.17. The summed E-state index contributed by atoms with van der Waals surface area (Å²) >= 11 is 0. The van der Waals surface area contributed by atoms with Crippen LogP contribution in [0.5, 0.6) is 0 Å². The molecule has 2 heterocycles. The van der Waals surface area contributed by atoms with Gasteiger partial charge in [-0.05, 0) is 111 Å². The number of aryl methyl sites for hydroxylation is 1. The summed E-state index contributed by atoms with van der Waals surface area (Å²) < 4.78 is 7.90. The Labute approximate surface area is 217 Å². The number of carbonyl (C=O) groups is 1. The summed E-state index contributed by atoms with van der Waals surface area (Å²) in [5.41, 5.74) is 9.66. The fraction of sp³-hybridized carbons (Fsp3) is 0.375. The molecular formula is C32H33N3O2. The van der Waals surface area contributed by atoms with Crippen molar-refractivity contribution in [1.82, 2.24) is 9.99 Å². The van der Waals surface area contributed by atoms with E-state index in [0.29, 0.717) is 11.0 Å². The lowest BCUT2D eigenvalue weighted by atomic mass is 9.48. The van der Waals surface area contributed by atoms with E-state index in [-0.39, 0.29) is 11.7 Å². The molecule has 188 valence electrons. The van der Waals surface area contributed by atoms with Gasteiger partial charge in [0.05, 0.1) is 6.21 Å². The molecule has 5 heteroatoms. The summed E-state index contributed by atoms with van der Waals surface area (Å²) in [6.45, 7) is 4.22. The zero-order valence-corrected chi connectivity index (χ0v) is 21.5. The van der Waals surface area contributed by atoms with Crippen molar-refractivity contribution in [2.45, 2.75) is 57.8 Å². The lowest BCUT2D eigenvalue weighted by molar-refractivity contribution is -0.00518. The summed E-state index contributed by atoms with van der Waals surface area (Å²) in [4.78, 5) is 12.5. The van der Waals surface area contributed by atoms with Crippen LogP contribution in [0, 0.1) is 31.6 Å². The van der Waals surface area contributed by atoms with Crippen LogP contribution in [-0.4, -0.2) is 16.7 Å². The minimum absolute atomic E-state index is 0.253. The van der Waals surface area contributed by atoms with Gasteiger partial charge in [-0.25, -0.2) is 5.43 Å². The topological polar surface area (TPSA) is 59.5 Å². The normalized spacial score (nSPS) is 26.4. The molecule has 4 aliphatic carbocycles. The molecule has 1 N–H and O–H groups in total. The van der Waals surface area contributed by atoms with E-state index in [4.69, 9.17) is 4.42 Å². The van der Waals surface area contributed by atoms with Crippen LogP contribution in [0.4, 0.5) is 0 Å². The Morgan fingerprint density at radius 1 is 0.973 bits per heavy atom. The number of rotatable bonds is 5. The molecule has 2 aromatic carbocycles. The van der Waals surface area contributed by atoms with Crippen LogP contribution in [0.3, 0.4) is 0 Å². The predicted octanol–water partition coefficient (Wildman–Crippen LogP) is 7.07. The van der Waals surface area contributed by atoms with Crippen molar-refractivity contribution in [3.05, 3.63) is 88.9 Å². The van der Waals surface area contributed by atoms with Crippen LogP contribution in [0.25, 0.3) is 16.7 Å². The third-order valence-corrected chi connectivity index (χ3v) is 9.27. The minimum atomic E-state index is -0.360. The van der Waals surface area contributed by atoms with Crippen LogP contribution in [0.15, 0.2) is 70.2 Å². The molecule has 2 aromatic heterocycles. The van der Waals surface area contributed by atoms with Gasteiger partial charge in [0.25, 0.3) is 0 Å². The maximum atomic E-state index is 12.5. The van der Waals surface area contributed by atoms with Crippen molar-refractivity contribution in [3.63, 3.8) is 0 Å². The molecule has 1 amide bonds. The SMILES string of the molecule is Cc1cc(C=NNC(=O)c2cc3ccccc3o2)c(C)n1-c1ccc(C23CC4CC(CC(C4)C2)C3)cc1. The summed E-state index contributed by atoms with van der Waals surface area (Å²) in [6.07, 6.45) is 10.3. The van der Waals surface area contributed by atoms with Crippen LogP contribution in [-0.2, 0) is 5.41 Å². The highest BCUT2D eigenvalue weighted by Crippen LogP contribution is 2.60. The largest absolute Gasteiger partial charge is 0.451 e. The van der Waals surface area contributed by atoms with Gasteiger partial charge in [-0.1, -0.05) is 30.3 Å². The number of hydrogen-bond donors (Lipinski definition) is 1. The van der Waals surface area contributed by atoms with Crippen molar-refractivity contribution < 1.29 is 9.21 Å². The average molecular weight is 492 g/mol. The van der Waals surface area contributed by atoms with Crippen molar-refractivity contribution in [2.24, 2.45) is 22.9 Å². The number of hydrogen-bond acceptors (Lipinski definition) is 3. The van der Waals surface area contributed by atoms with Crippen molar-refractivity contribution in [3.8, 4) is 5.69 Å². The second-order valence-electron chi connectivity index (χ2n) is 11.8. The van der Waals surface area contributed by atoms with E-state index in [1.165, 1.54) is 44.2 Å². The first-order valence-corrected chi connectivity index (χ1v) is 13.6. The van der Waals surface area contributed by atoms with Crippen molar-refractivity contribution in [2.75, 3.05) is 0 Å². The fourth-order valence-electron chi connectivity index (χ4n) is 8.05. The average Bonchev–Trinajstić information content (AvgIpc) is 3.44. The van der Waals surface area contributed by atoms with Gasteiger partial charge in [-0.15, -0.1) is 0 Å². The van der Waals surface area contributed by atoms with Gasteiger partial charge in [-0.3, -0.25) is 4.79 Å². The Bertz CT molecular complexity index is 1450. The minimum Gasteiger partial charge on any atom is -0.451 e. The van der Waals surface area contributed by atoms with Crippen LogP contribution in [0.2, 0.25) is 0 Å². The third kappa shape index (κ3) is 3.83. The molecule has 37 heavy (non-hydrogen) atoms. The molecule has 0 spiro atoms. The van der Waals surface area contributed by atoms with Gasteiger partial charge < -0.3 is 8.98 Å². The molecule has 5 nitrogen and oxygen atoms in total. The van der Waals surface area contributed by atoms with Gasteiger partial charge in [0.2, 0.25) is 0 Å². The van der Waals surface area contributed by atoms with Crippen molar-refractivity contribution in [1.29, 1.82) is 0 Å². The maximum Gasteiger partial charge on any atom is 0.307 e. The summed E-state index contributed by atoms with van der Waals surface area (Å²) in [7, 11) is 0. The smallest absolute Gasteiger partial charge is 0.307 e. The zero-order valence-electron chi connectivity index (χ0n) is 21.5. The molecule has 4 aliphatic rings. The molecule has 4 fully saturated rings. The number of fused-ring (bicyclic) bond motifs is 1. The summed E-state index contributed by atoms with van der Waals surface area (Å²) in [6, 6.07) is 20.8. The molecule has 0 atom stereocenters. The van der Waals surface area contributed by atoms with E-state index in [1.54, 1.807) is 17.8 Å². The van der Waals surface area contributed by atoms with Crippen LogP contribution >= 0.6 is 0 Å². The molecule has 0 radical (unpaired) electrons. The molecule has 0 saturated heterocycles. The number of para-hydroxylation sites is 1. The number of hydrazone groups is 1. The van der Waals surface area contributed by atoms with E-state index < -0.39 is 0 Å².